The number of alkyl halides is 3. The van der Waals surface area contributed by atoms with Crippen molar-refractivity contribution in [2.45, 2.75) is 137 Å². The second kappa shape index (κ2) is 53.8. The number of aryl methyl sites for hydroxylation is 4. The van der Waals surface area contributed by atoms with Crippen LogP contribution < -0.4 is 0 Å². The summed E-state index contributed by atoms with van der Waals surface area (Å²) >= 11 is 0. The summed E-state index contributed by atoms with van der Waals surface area (Å²) < 4.78 is 55.7. The first-order valence-electron chi connectivity index (χ1n) is 47.3. The molecule has 0 N–H and O–H groups in total. The molecule has 14 heteroatoms. The van der Waals surface area contributed by atoms with Gasteiger partial charge in [0.2, 0.25) is 0 Å². The monoisotopic (exact) mass is 2730 g/mol. The molecule has 0 aliphatic heterocycles. The molecule has 0 aliphatic carbocycles. The van der Waals surface area contributed by atoms with Crippen molar-refractivity contribution in [1.82, 2.24) is 24.9 Å². The normalized spacial score (nSPS) is 11.0. The molecule has 1 atom stereocenters. The smallest absolute Gasteiger partial charge is 0.304 e. The van der Waals surface area contributed by atoms with E-state index in [0.29, 0.717) is 28.3 Å². The molecule has 20 aromatic rings. The van der Waals surface area contributed by atoms with Crippen molar-refractivity contribution in [3.05, 3.63) is 452 Å². The molecule has 5 nitrogen and oxygen atoms in total. The standard InChI is InChI=1S/C26H21F3N.C25H21FN.3C25H22N.5Ir/c1-2-3-6-18-9-11-20(12-10-18)23-17-21(13-14-24(23)26(27,28)29)25-22-8-5-4-7-19(22)15-16-30-25;1-2-3-6-18-9-11-20(12-10-18)23-17-21(13-14-24(23)26)25-22-8-5-4-7-19(22)15-16-27-25;1-3-18(2)19-11-13-20(14-12-19)22-8-6-9-23(17-22)25-24-10-5-4-7-21(24)15-16-26-25;1-2-3-8-19-9-6-11-21(17-19)22-12-7-13-23(18-22)25-24-14-5-4-10-20(24)15-16-26-25;1-2-3-7-19-12-14-20(15-13-19)22-9-6-10-23(18-22)25-24-11-5-4-8-21(24)16-17-26-25;;;;;/h4-5,7-12,14-17H,2-3,6H2,1H3;4-5,7-12,14-17H,2-3,6H2,1H3;4-8,10-18H,3H2,1-2H3;4-7,9-12,14-18H,2-3,8H2,1H3;4-6,8-9,11-18H,2-3,7H2,1H3;;;;;/q5*-1;;;;;. The minimum atomic E-state index is -4.46. The predicted octanol–water partition coefficient (Wildman–Crippen LogP) is 34.9. The van der Waals surface area contributed by atoms with Gasteiger partial charge in [0, 0.05) is 137 Å². The van der Waals surface area contributed by atoms with E-state index in [4.69, 9.17) is 0 Å². The van der Waals surface area contributed by atoms with Crippen LogP contribution in [0.25, 0.3) is 166 Å². The van der Waals surface area contributed by atoms with Crippen molar-refractivity contribution in [2.24, 2.45) is 0 Å². The molecule has 5 heterocycles. The fourth-order valence-electron chi connectivity index (χ4n) is 17.2. The SMILES string of the molecule is CCC(C)c1ccc(-c2cc[c-]c(-c3nccc4ccccc34)c2)cc1.CCCCc1ccc(-c2cc(-c3nccc4ccccc34)[c-]cc2C(F)(F)F)cc1.CCCCc1ccc(-c2cc(-c3nccc4ccccc34)[c-]cc2F)cc1.CCCCc1ccc(-c2cc[c-]c(-c3nccc4ccccc34)c2)cc1.CCCCc1cccc(-c2cc[c-]c(-c3nccc4ccccc34)c2)c1.[Ir].[Ir].[Ir].[Ir].[Ir]. The summed E-state index contributed by atoms with van der Waals surface area (Å²) in [6.07, 6.45) is 19.5. The van der Waals surface area contributed by atoms with E-state index in [0.717, 1.165) is 134 Å². The van der Waals surface area contributed by atoms with Gasteiger partial charge in [0.15, 0.2) is 0 Å². The molecule has 20 rings (SSSR count). The largest absolute Gasteiger partial charge is 0.382 e. The first-order chi connectivity index (χ1) is 66.2. The van der Waals surface area contributed by atoms with E-state index in [9.17, 15) is 17.6 Å². The van der Waals surface area contributed by atoms with Gasteiger partial charge in [-0.25, -0.2) is 0 Å². The summed E-state index contributed by atoms with van der Waals surface area (Å²) in [6, 6.07) is 134. The quantitative estimate of drug-likeness (QED) is 0.0446. The summed E-state index contributed by atoms with van der Waals surface area (Å²) in [7, 11) is 0. The molecule has 0 amide bonds. The molecule has 0 bridgehead atoms. The number of hydrogen-bond donors (Lipinski definition) is 0. The van der Waals surface area contributed by atoms with E-state index in [-0.39, 0.29) is 112 Å². The van der Waals surface area contributed by atoms with Crippen LogP contribution in [0, 0.1) is 36.1 Å². The summed E-state index contributed by atoms with van der Waals surface area (Å²) in [5.41, 5.74) is 24.3. The van der Waals surface area contributed by atoms with Crippen molar-refractivity contribution in [1.29, 1.82) is 0 Å². The van der Waals surface area contributed by atoms with Crippen LogP contribution in [0.1, 0.15) is 139 Å². The van der Waals surface area contributed by atoms with E-state index >= 15 is 0 Å². The van der Waals surface area contributed by atoms with E-state index < -0.39 is 11.7 Å². The number of benzene rings is 15. The van der Waals surface area contributed by atoms with Crippen molar-refractivity contribution < 1.29 is 118 Å². The van der Waals surface area contributed by atoms with E-state index in [1.807, 2.05) is 122 Å². The van der Waals surface area contributed by atoms with Gasteiger partial charge in [0.1, 0.15) is 0 Å². The molecule has 0 aliphatic rings. The molecule has 0 saturated carbocycles. The molecule has 5 aromatic heterocycles. The molecular formula is C126H108F4Ir5N5-5. The predicted molar refractivity (Wildman–Crippen MR) is 555 cm³/mol. The minimum Gasteiger partial charge on any atom is -0.304 e. The average Bonchev–Trinajstić information content (AvgIpc) is 0.760. The van der Waals surface area contributed by atoms with Crippen molar-refractivity contribution in [2.75, 3.05) is 0 Å². The molecule has 1 unspecified atom stereocenters. The van der Waals surface area contributed by atoms with Crippen LogP contribution in [-0.2, 0) is 132 Å². The fraction of sp³-hybridized carbons (Fsp3) is 0.167. The van der Waals surface area contributed by atoms with Gasteiger partial charge in [0.05, 0.1) is 0 Å². The van der Waals surface area contributed by atoms with Crippen molar-refractivity contribution in [3.8, 4) is 112 Å². The van der Waals surface area contributed by atoms with Crippen LogP contribution in [0.3, 0.4) is 0 Å². The topological polar surface area (TPSA) is 64.5 Å². The van der Waals surface area contributed by atoms with Crippen LogP contribution in [0.15, 0.2) is 383 Å². The maximum absolute atomic E-state index is 14.5. The van der Waals surface area contributed by atoms with Gasteiger partial charge in [0.25, 0.3) is 0 Å². The van der Waals surface area contributed by atoms with Gasteiger partial charge >= 0.3 is 6.18 Å². The molecule has 0 spiro atoms. The van der Waals surface area contributed by atoms with Gasteiger partial charge in [-0.3, -0.25) is 4.39 Å². The van der Waals surface area contributed by atoms with Crippen LogP contribution in [0.4, 0.5) is 17.6 Å². The van der Waals surface area contributed by atoms with E-state index in [1.54, 1.807) is 30.6 Å². The number of hydrogen-bond acceptors (Lipinski definition) is 5. The maximum atomic E-state index is 14.5. The number of aromatic nitrogens is 5. The Kier molecular flexibility index (Phi) is 41.8. The molecule has 140 heavy (non-hydrogen) atoms. The number of unbranched alkanes of at least 4 members (excludes halogenated alkanes) is 4. The molecule has 715 valence electrons. The third kappa shape index (κ3) is 27.8. The molecular weight excluding hydrogens is 2620 g/mol. The molecule has 0 fully saturated rings. The molecule has 5 radical (unpaired) electrons. The first kappa shape index (κ1) is 109. The fourth-order valence-corrected chi connectivity index (χ4v) is 17.2. The second-order valence-electron chi connectivity index (χ2n) is 34.3. The second-order valence-corrected chi connectivity index (χ2v) is 34.3. The Balaban J connectivity index is 0.000000166. The summed E-state index contributed by atoms with van der Waals surface area (Å²) in [4.78, 5) is 22.9. The van der Waals surface area contributed by atoms with Crippen LogP contribution in [-0.4, -0.2) is 24.9 Å². The Morgan fingerprint density at radius 2 is 0.564 bits per heavy atom. The van der Waals surface area contributed by atoms with E-state index in [1.165, 1.54) is 127 Å². The third-order valence-electron chi connectivity index (χ3n) is 25.0. The average molecular weight is 2730 g/mol. The van der Waals surface area contributed by atoms with Crippen LogP contribution >= 0.6 is 0 Å². The molecule has 0 saturated heterocycles. The zero-order valence-electron chi connectivity index (χ0n) is 79.1. The maximum Gasteiger partial charge on any atom is 0.382 e. The number of rotatable bonds is 24. The van der Waals surface area contributed by atoms with Crippen molar-refractivity contribution >= 4 is 53.9 Å². The Labute approximate surface area is 889 Å². The molecule has 15 aromatic carbocycles. The van der Waals surface area contributed by atoms with E-state index in [2.05, 4.69) is 315 Å². The zero-order chi connectivity index (χ0) is 93.3. The summed E-state index contributed by atoms with van der Waals surface area (Å²) in [6.45, 7) is 13.3. The Morgan fingerprint density at radius 3 is 0.907 bits per heavy atom. The minimum absolute atomic E-state index is 0. The van der Waals surface area contributed by atoms with Crippen molar-refractivity contribution in [3.63, 3.8) is 0 Å². The zero-order valence-corrected chi connectivity index (χ0v) is 91.0. The first-order valence-corrected chi connectivity index (χ1v) is 47.3. The Hall–Kier alpha value is -11.7. The third-order valence-corrected chi connectivity index (χ3v) is 25.0. The Morgan fingerprint density at radius 1 is 0.271 bits per heavy atom. The number of halogens is 4. The van der Waals surface area contributed by atoms with Gasteiger partial charge in [-0.15, -0.1) is 154 Å². The van der Waals surface area contributed by atoms with Crippen LogP contribution in [0.5, 0.6) is 0 Å². The van der Waals surface area contributed by atoms with Gasteiger partial charge in [-0.05, 0) is 238 Å². The number of nitrogens with zero attached hydrogens (tertiary/aromatic N) is 5. The number of fused-ring (bicyclic) bond motifs is 5. The Bertz CT molecular complexity index is 7350. The summed E-state index contributed by atoms with van der Waals surface area (Å²) in [5, 5.41) is 11.1. The van der Waals surface area contributed by atoms with Gasteiger partial charge in [-0.2, -0.15) is 13.2 Å². The van der Waals surface area contributed by atoms with Gasteiger partial charge < -0.3 is 24.9 Å². The van der Waals surface area contributed by atoms with Crippen LogP contribution in [0.2, 0.25) is 0 Å². The number of pyridine rings is 5. The summed E-state index contributed by atoms with van der Waals surface area (Å²) in [5.74, 6) is 0.337. The van der Waals surface area contributed by atoms with Gasteiger partial charge in [-0.1, -0.05) is 321 Å².